The fourth-order valence-corrected chi connectivity index (χ4v) is 7.95. The average Bonchev–Trinajstić information content (AvgIpc) is 3.18. The summed E-state index contributed by atoms with van der Waals surface area (Å²) in [5, 5.41) is 9.83. The zero-order valence-corrected chi connectivity index (χ0v) is 34.2. The summed E-state index contributed by atoms with van der Waals surface area (Å²) in [5.41, 5.74) is 6.30. The zero-order valence-electron chi connectivity index (χ0n) is 34.2. The molecule has 0 unspecified atom stereocenters. The monoisotopic (exact) mass is 772 g/mol. The molecule has 0 saturated heterocycles. The maximum Gasteiger partial charge on any atom is 0.415 e. The van der Waals surface area contributed by atoms with Crippen LogP contribution in [0.2, 0.25) is 0 Å². The molecule has 0 aromatic heterocycles. The van der Waals surface area contributed by atoms with Crippen molar-refractivity contribution in [3.8, 4) is 0 Å². The van der Waals surface area contributed by atoms with Crippen molar-refractivity contribution >= 4 is 52.3 Å². The summed E-state index contributed by atoms with van der Waals surface area (Å²) in [5.74, 6) is 0.00339. The smallest absolute Gasteiger partial charge is 0.415 e. The average molecular weight is 773 g/mol. The third kappa shape index (κ3) is 9.48. The van der Waals surface area contributed by atoms with Crippen LogP contribution in [0.5, 0.6) is 0 Å². The molecule has 0 bridgehead atoms. The Balaban J connectivity index is 1.07. The lowest BCUT2D eigenvalue weighted by molar-refractivity contribution is -0.119. The Bertz CT molecular complexity index is 2060. The van der Waals surface area contributed by atoms with E-state index in [4.69, 9.17) is 4.74 Å². The molecule has 11 heteroatoms. The molecule has 4 amide bonds. The SMILES string of the molecule is CCC(=O)N1c2ccccc2[C@H](N(C(=O)OC(C)(C)C)c2ccc(CNCC(=O)Nc3ccc(N[C@@H]4C[C@H](C)N(C(=O)CC)c5ccccc54)cc3)cc2)C[C@@H]1C. The van der Waals surface area contributed by atoms with Gasteiger partial charge in [-0.1, -0.05) is 62.4 Å². The molecule has 57 heavy (non-hydrogen) atoms. The zero-order chi connectivity index (χ0) is 40.9. The molecular weight excluding hydrogens is 717 g/mol. The van der Waals surface area contributed by atoms with Gasteiger partial charge in [0.1, 0.15) is 5.60 Å². The van der Waals surface area contributed by atoms with Crippen molar-refractivity contribution in [3.05, 3.63) is 114 Å². The van der Waals surface area contributed by atoms with Gasteiger partial charge in [0.05, 0.1) is 18.6 Å². The summed E-state index contributed by atoms with van der Waals surface area (Å²) in [7, 11) is 0. The minimum atomic E-state index is -0.705. The van der Waals surface area contributed by atoms with Gasteiger partial charge in [0.15, 0.2) is 0 Å². The number of fused-ring (bicyclic) bond motifs is 2. The molecule has 4 aromatic carbocycles. The molecule has 3 N–H and O–H groups in total. The first-order valence-corrected chi connectivity index (χ1v) is 20.1. The molecule has 0 saturated carbocycles. The van der Waals surface area contributed by atoms with Crippen molar-refractivity contribution in [1.82, 2.24) is 5.32 Å². The van der Waals surface area contributed by atoms with Crippen LogP contribution >= 0.6 is 0 Å². The van der Waals surface area contributed by atoms with Crippen molar-refractivity contribution in [1.29, 1.82) is 0 Å². The molecule has 2 aliphatic rings. The number of nitrogens with zero attached hydrogens (tertiary/aromatic N) is 3. The Morgan fingerprint density at radius 3 is 1.86 bits per heavy atom. The van der Waals surface area contributed by atoms with E-state index in [1.54, 1.807) is 4.90 Å². The molecule has 2 heterocycles. The van der Waals surface area contributed by atoms with Crippen LogP contribution in [0.3, 0.4) is 0 Å². The summed E-state index contributed by atoms with van der Waals surface area (Å²) >= 11 is 0. The van der Waals surface area contributed by atoms with E-state index in [2.05, 4.69) is 28.9 Å². The maximum absolute atomic E-state index is 13.9. The molecule has 0 fully saturated rings. The number of ether oxygens (including phenoxy) is 1. The van der Waals surface area contributed by atoms with Crippen LogP contribution in [0, 0.1) is 0 Å². The molecular formula is C46H56N6O5. The number of carbonyl (C=O) groups is 4. The second-order valence-electron chi connectivity index (χ2n) is 16.0. The normalized spacial score (nSPS) is 18.9. The van der Waals surface area contributed by atoms with E-state index >= 15 is 0 Å². The molecule has 11 nitrogen and oxygen atoms in total. The van der Waals surface area contributed by atoms with Gasteiger partial charge in [-0.2, -0.15) is 0 Å². The predicted molar refractivity (Wildman–Crippen MR) is 228 cm³/mol. The third-order valence-electron chi connectivity index (χ3n) is 10.5. The highest BCUT2D eigenvalue weighted by atomic mass is 16.6. The number of hydrogen-bond acceptors (Lipinski definition) is 7. The fourth-order valence-electron chi connectivity index (χ4n) is 7.95. The van der Waals surface area contributed by atoms with Gasteiger partial charge in [0.25, 0.3) is 0 Å². The number of carbonyl (C=O) groups excluding carboxylic acids is 4. The van der Waals surface area contributed by atoms with Crippen molar-refractivity contribution in [2.75, 3.05) is 31.9 Å². The Labute approximate surface area is 336 Å². The highest BCUT2D eigenvalue weighted by Crippen LogP contribution is 2.43. The Morgan fingerprint density at radius 1 is 0.719 bits per heavy atom. The summed E-state index contributed by atoms with van der Waals surface area (Å²) in [6.07, 6.45) is 1.73. The molecule has 4 aromatic rings. The largest absolute Gasteiger partial charge is 0.443 e. The van der Waals surface area contributed by atoms with Gasteiger partial charge >= 0.3 is 6.09 Å². The van der Waals surface area contributed by atoms with Crippen LogP contribution in [0.15, 0.2) is 97.1 Å². The van der Waals surface area contributed by atoms with E-state index < -0.39 is 11.7 Å². The van der Waals surface area contributed by atoms with Gasteiger partial charge in [0.2, 0.25) is 17.7 Å². The highest BCUT2D eigenvalue weighted by molar-refractivity contribution is 5.97. The second kappa shape index (κ2) is 17.6. The van der Waals surface area contributed by atoms with E-state index in [-0.39, 0.29) is 48.4 Å². The van der Waals surface area contributed by atoms with Crippen LogP contribution < -0.4 is 30.7 Å². The highest BCUT2D eigenvalue weighted by Gasteiger charge is 2.40. The number of hydrogen-bond donors (Lipinski definition) is 3. The molecule has 6 rings (SSSR count). The summed E-state index contributed by atoms with van der Waals surface area (Å²) in [4.78, 5) is 58.0. The summed E-state index contributed by atoms with van der Waals surface area (Å²) in [6, 6.07) is 30.9. The Kier molecular flexibility index (Phi) is 12.7. The van der Waals surface area contributed by atoms with Crippen LogP contribution in [-0.2, 0) is 25.7 Å². The van der Waals surface area contributed by atoms with E-state index in [0.717, 1.165) is 40.2 Å². The van der Waals surface area contributed by atoms with Gasteiger partial charge in [-0.25, -0.2) is 4.79 Å². The predicted octanol–water partition coefficient (Wildman–Crippen LogP) is 9.12. The number of anilines is 5. The number of amides is 4. The number of benzene rings is 4. The number of nitrogens with one attached hydrogen (secondary N) is 3. The molecule has 0 spiro atoms. The Morgan fingerprint density at radius 2 is 1.26 bits per heavy atom. The van der Waals surface area contributed by atoms with Gasteiger partial charge in [0, 0.05) is 59.9 Å². The van der Waals surface area contributed by atoms with Crippen molar-refractivity contribution in [2.24, 2.45) is 0 Å². The first kappa shape index (κ1) is 41.0. The molecule has 0 radical (unpaired) electrons. The summed E-state index contributed by atoms with van der Waals surface area (Å²) in [6.45, 7) is 14.0. The minimum absolute atomic E-state index is 0.0460. The van der Waals surface area contributed by atoms with Gasteiger partial charge in [-0.05, 0) is 113 Å². The van der Waals surface area contributed by atoms with Crippen molar-refractivity contribution in [3.63, 3.8) is 0 Å². The van der Waals surface area contributed by atoms with Gasteiger partial charge in [-0.3, -0.25) is 19.3 Å². The fraction of sp³-hybridized carbons (Fsp3) is 0.391. The first-order valence-electron chi connectivity index (χ1n) is 20.1. The second-order valence-corrected chi connectivity index (χ2v) is 16.0. The lowest BCUT2D eigenvalue weighted by Gasteiger charge is -2.43. The lowest BCUT2D eigenvalue weighted by Crippen LogP contribution is -2.48. The van der Waals surface area contributed by atoms with Crippen molar-refractivity contribution < 1.29 is 23.9 Å². The van der Waals surface area contributed by atoms with Crippen LogP contribution in [-0.4, -0.2) is 48.0 Å². The molecule has 2 aliphatic heterocycles. The quantitative estimate of drug-likeness (QED) is 0.139. The van der Waals surface area contributed by atoms with Crippen LogP contribution in [0.1, 0.15) is 103 Å². The van der Waals surface area contributed by atoms with Gasteiger partial charge in [-0.15, -0.1) is 0 Å². The number of para-hydroxylation sites is 2. The minimum Gasteiger partial charge on any atom is -0.443 e. The van der Waals surface area contributed by atoms with E-state index in [1.807, 2.05) is 142 Å². The standard InChI is InChI=1S/C46H56N6O5/c1-8-43(54)50-30(3)26-38(36-14-10-12-16-39(36)50)48-33-20-22-34(23-21-33)49-42(53)29-47-28-32-18-24-35(25-19-32)52(45(56)57-46(5,6)7)41-27-31(4)51(44(55)9-2)40-17-13-11-15-37(40)41/h10-25,30-31,38,41,47-48H,8-9,26-29H2,1-7H3,(H,49,53)/t30-,31-,38+,41+/m0/s1. The molecule has 4 atom stereocenters. The lowest BCUT2D eigenvalue weighted by atomic mass is 9.90. The van der Waals surface area contributed by atoms with E-state index in [1.165, 1.54) is 0 Å². The topological polar surface area (TPSA) is 123 Å². The van der Waals surface area contributed by atoms with Gasteiger partial charge < -0.3 is 30.5 Å². The third-order valence-corrected chi connectivity index (χ3v) is 10.5. The summed E-state index contributed by atoms with van der Waals surface area (Å²) < 4.78 is 5.93. The first-order chi connectivity index (χ1) is 27.3. The van der Waals surface area contributed by atoms with E-state index in [9.17, 15) is 19.2 Å². The number of rotatable bonds is 11. The van der Waals surface area contributed by atoms with Crippen LogP contribution in [0.4, 0.5) is 33.2 Å². The van der Waals surface area contributed by atoms with Crippen molar-refractivity contribution in [2.45, 2.75) is 110 Å². The van der Waals surface area contributed by atoms with Crippen LogP contribution in [0.25, 0.3) is 0 Å². The Hall–Kier alpha value is -5.68. The molecule has 300 valence electrons. The maximum atomic E-state index is 13.9. The van der Waals surface area contributed by atoms with E-state index in [0.29, 0.717) is 37.2 Å². The molecule has 0 aliphatic carbocycles.